The predicted molar refractivity (Wildman–Crippen MR) is 130 cm³/mol. The molecule has 188 valence electrons. The van der Waals surface area contributed by atoms with Gasteiger partial charge in [0.25, 0.3) is 0 Å². The van der Waals surface area contributed by atoms with E-state index in [0.717, 1.165) is 24.0 Å². The number of ether oxygens (including phenoxy) is 2. The number of nitrogens with zero attached hydrogens (tertiary/aromatic N) is 1. The Morgan fingerprint density at radius 2 is 1.86 bits per heavy atom. The van der Waals surface area contributed by atoms with Gasteiger partial charge in [0.1, 0.15) is 17.7 Å². The van der Waals surface area contributed by atoms with E-state index in [9.17, 15) is 17.6 Å². The molecule has 8 heteroatoms. The van der Waals surface area contributed by atoms with E-state index in [2.05, 4.69) is 0 Å². The fraction of sp³-hybridized carbons (Fsp3) is 0.519. The van der Waals surface area contributed by atoms with Crippen molar-refractivity contribution in [1.82, 2.24) is 4.31 Å². The Kier molecular flexibility index (Phi) is 6.72. The highest BCUT2D eigenvalue weighted by Crippen LogP contribution is 2.41. The molecule has 2 aliphatic heterocycles. The third kappa shape index (κ3) is 4.76. The minimum absolute atomic E-state index is 0.0724. The molecule has 0 aromatic heterocycles. The summed E-state index contributed by atoms with van der Waals surface area (Å²) < 4.78 is 55.0. The molecule has 5 rings (SSSR count). The summed E-state index contributed by atoms with van der Waals surface area (Å²) in [5, 5.41) is 0. The Morgan fingerprint density at radius 3 is 2.60 bits per heavy atom. The Balaban J connectivity index is 1.46. The van der Waals surface area contributed by atoms with Crippen molar-refractivity contribution in [2.45, 2.75) is 63.0 Å². The van der Waals surface area contributed by atoms with Crippen LogP contribution in [-0.2, 0) is 21.2 Å². The maximum atomic E-state index is 14.1. The van der Waals surface area contributed by atoms with Gasteiger partial charge in [-0.15, -0.1) is 0 Å². The zero-order valence-corrected chi connectivity index (χ0v) is 21.0. The summed E-state index contributed by atoms with van der Waals surface area (Å²) in [5.41, 5.74) is 2.02. The zero-order valence-electron chi connectivity index (χ0n) is 20.2. The van der Waals surface area contributed by atoms with E-state index >= 15 is 0 Å². The van der Waals surface area contributed by atoms with E-state index in [1.807, 2.05) is 13.8 Å². The summed E-state index contributed by atoms with van der Waals surface area (Å²) in [7, 11) is -3.94. The number of hydrogen-bond donors (Lipinski definition) is 0. The summed E-state index contributed by atoms with van der Waals surface area (Å²) in [4.78, 5) is 13.1. The molecule has 1 aliphatic carbocycles. The fourth-order valence-corrected chi connectivity index (χ4v) is 7.40. The van der Waals surface area contributed by atoms with Crippen LogP contribution in [0.15, 0.2) is 41.3 Å². The molecule has 2 heterocycles. The minimum atomic E-state index is -3.94. The number of fused-ring (bicyclic) bond motifs is 2. The monoisotopic (exact) mass is 501 g/mol. The molecule has 0 N–H and O–H groups in total. The zero-order chi connectivity index (χ0) is 24.7. The predicted octanol–water partition coefficient (Wildman–Crippen LogP) is 4.92. The number of carbonyl (C=O) groups is 1. The lowest BCUT2D eigenvalue weighted by atomic mass is 9.87. The molecule has 3 aliphatic rings. The first-order valence-corrected chi connectivity index (χ1v) is 13.9. The summed E-state index contributed by atoms with van der Waals surface area (Å²) >= 11 is 0. The normalized spacial score (nSPS) is 22.8. The lowest BCUT2D eigenvalue weighted by Gasteiger charge is -2.34. The molecular formula is C27H32FNO5S. The molecule has 2 aromatic carbocycles. The van der Waals surface area contributed by atoms with Crippen LogP contribution in [0.2, 0.25) is 0 Å². The topological polar surface area (TPSA) is 72.9 Å². The van der Waals surface area contributed by atoms with Crippen LogP contribution in [0.3, 0.4) is 0 Å². The highest BCUT2D eigenvalue weighted by Gasteiger charge is 2.39. The van der Waals surface area contributed by atoms with Crippen LogP contribution in [0.4, 0.5) is 4.39 Å². The molecular weight excluding hydrogens is 469 g/mol. The highest BCUT2D eigenvalue weighted by molar-refractivity contribution is 7.89. The van der Waals surface area contributed by atoms with Crippen LogP contribution >= 0.6 is 0 Å². The molecule has 6 nitrogen and oxygen atoms in total. The quantitative estimate of drug-likeness (QED) is 0.562. The molecule has 2 atom stereocenters. The van der Waals surface area contributed by atoms with Crippen LogP contribution in [-0.4, -0.2) is 44.4 Å². The van der Waals surface area contributed by atoms with Crippen LogP contribution in [0.1, 0.15) is 67.1 Å². The number of rotatable bonds is 6. The van der Waals surface area contributed by atoms with Crippen molar-refractivity contribution in [3.63, 3.8) is 0 Å². The smallest absolute Gasteiger partial charge is 0.243 e. The average Bonchev–Trinajstić information content (AvgIpc) is 3.25. The largest absolute Gasteiger partial charge is 0.489 e. The van der Waals surface area contributed by atoms with Gasteiger partial charge in [-0.25, -0.2) is 12.8 Å². The Hall–Kier alpha value is -2.29. The fourth-order valence-electron chi connectivity index (χ4n) is 5.58. The van der Waals surface area contributed by atoms with E-state index in [-0.39, 0.29) is 40.9 Å². The number of benzene rings is 2. The lowest BCUT2D eigenvalue weighted by Crippen LogP contribution is -2.38. The maximum absolute atomic E-state index is 14.1. The van der Waals surface area contributed by atoms with E-state index in [1.165, 1.54) is 28.6 Å². The first-order chi connectivity index (χ1) is 16.7. The van der Waals surface area contributed by atoms with E-state index in [1.54, 1.807) is 12.1 Å². The molecule has 1 fully saturated rings. The first-order valence-electron chi connectivity index (χ1n) is 12.5. The van der Waals surface area contributed by atoms with Gasteiger partial charge in [0.2, 0.25) is 10.0 Å². The molecule has 0 bridgehead atoms. The number of aryl methyl sites for hydroxylation is 1. The first kappa shape index (κ1) is 24.4. The van der Waals surface area contributed by atoms with Gasteiger partial charge in [-0.2, -0.15) is 4.31 Å². The van der Waals surface area contributed by atoms with Crippen LogP contribution in [0, 0.1) is 17.7 Å². The van der Waals surface area contributed by atoms with Crippen LogP contribution in [0.5, 0.6) is 5.75 Å². The molecule has 0 amide bonds. The number of sulfonamides is 1. The number of carbonyl (C=O) groups excluding carboxylic acids is 1. The standard InChI is InChI=1S/C27H32FNO5S/c1-17(2)16-29(24-7-4-18-3-5-20(28)13-22(18)24)35(31,32)21-6-8-26-23(14-21)25(30)15-27(34-26)19-9-11-33-12-10-19/h3,5-6,8,13-14,17,19,24,27H,4,7,9-12,15-16H2,1-2H3. The summed E-state index contributed by atoms with van der Waals surface area (Å²) in [5.74, 6) is 0.316. The molecule has 0 spiro atoms. The van der Waals surface area contributed by atoms with Gasteiger partial charge in [-0.3, -0.25) is 4.79 Å². The molecule has 1 saturated heterocycles. The van der Waals surface area contributed by atoms with Gasteiger partial charge >= 0.3 is 0 Å². The highest BCUT2D eigenvalue weighted by atomic mass is 32.2. The Morgan fingerprint density at radius 1 is 1.09 bits per heavy atom. The van der Waals surface area contributed by atoms with Crippen molar-refractivity contribution < 1.29 is 27.1 Å². The lowest BCUT2D eigenvalue weighted by molar-refractivity contribution is 0.0119. The van der Waals surface area contributed by atoms with Gasteiger partial charge in [0.05, 0.1) is 16.5 Å². The second-order valence-corrected chi connectivity index (χ2v) is 12.1. The number of hydrogen-bond acceptors (Lipinski definition) is 5. The van der Waals surface area contributed by atoms with Gasteiger partial charge < -0.3 is 9.47 Å². The SMILES string of the molecule is CC(C)CN(C1CCc2ccc(F)cc21)S(=O)(=O)c1ccc2c(c1)C(=O)CC(C1CCOCC1)O2. The van der Waals surface area contributed by atoms with Gasteiger partial charge in [-0.1, -0.05) is 19.9 Å². The summed E-state index contributed by atoms with van der Waals surface area (Å²) in [6.07, 6.45) is 3.05. The van der Waals surface area contributed by atoms with Crippen molar-refractivity contribution in [2.75, 3.05) is 19.8 Å². The van der Waals surface area contributed by atoms with Crippen molar-refractivity contribution >= 4 is 15.8 Å². The van der Waals surface area contributed by atoms with Gasteiger partial charge in [0, 0.05) is 32.1 Å². The molecule has 35 heavy (non-hydrogen) atoms. The van der Waals surface area contributed by atoms with E-state index in [0.29, 0.717) is 43.9 Å². The van der Waals surface area contributed by atoms with E-state index < -0.39 is 16.1 Å². The van der Waals surface area contributed by atoms with Gasteiger partial charge in [-0.05, 0) is 73.1 Å². The number of Topliss-reactive ketones (excluding diaryl/α,β-unsaturated/α-hetero) is 1. The van der Waals surface area contributed by atoms with Gasteiger partial charge in [0.15, 0.2) is 5.78 Å². The summed E-state index contributed by atoms with van der Waals surface area (Å²) in [6.45, 7) is 5.57. The Labute approximate surface area is 206 Å². The average molecular weight is 502 g/mol. The third-order valence-corrected chi connectivity index (χ3v) is 9.23. The second kappa shape index (κ2) is 9.64. The van der Waals surface area contributed by atoms with Crippen LogP contribution < -0.4 is 4.74 Å². The second-order valence-electron chi connectivity index (χ2n) is 10.3. The molecule has 0 saturated carbocycles. The maximum Gasteiger partial charge on any atom is 0.243 e. The van der Waals surface area contributed by atoms with Crippen molar-refractivity contribution in [3.8, 4) is 5.75 Å². The van der Waals surface area contributed by atoms with Crippen LogP contribution in [0.25, 0.3) is 0 Å². The Bertz CT molecular complexity index is 1220. The summed E-state index contributed by atoms with van der Waals surface area (Å²) in [6, 6.07) is 8.79. The third-order valence-electron chi connectivity index (χ3n) is 7.36. The number of ketones is 1. The van der Waals surface area contributed by atoms with Crippen molar-refractivity contribution in [3.05, 3.63) is 58.9 Å². The van der Waals surface area contributed by atoms with E-state index in [4.69, 9.17) is 9.47 Å². The minimum Gasteiger partial charge on any atom is -0.489 e. The number of halogens is 1. The molecule has 2 aromatic rings. The van der Waals surface area contributed by atoms with Crippen molar-refractivity contribution in [2.24, 2.45) is 11.8 Å². The molecule has 2 unspecified atom stereocenters. The van der Waals surface area contributed by atoms with Crippen molar-refractivity contribution in [1.29, 1.82) is 0 Å². The molecule has 0 radical (unpaired) electrons.